The molecule has 1 saturated carbocycles. The molecule has 214 valence electrons. The van der Waals surface area contributed by atoms with Gasteiger partial charge in [-0.05, 0) is 79.9 Å². The number of nitrogens with two attached hydrogens (primary N) is 1. The number of carbonyl (C=O) groups is 2. The molecule has 0 saturated heterocycles. The summed E-state index contributed by atoms with van der Waals surface area (Å²) in [6.45, 7) is 8.58. The molecule has 4 rings (SSSR count). The first-order valence-corrected chi connectivity index (χ1v) is 14.5. The summed E-state index contributed by atoms with van der Waals surface area (Å²) in [4.78, 5) is 33.1. The van der Waals surface area contributed by atoms with Gasteiger partial charge in [0.05, 0.1) is 5.70 Å². The number of hydrogen-bond donors (Lipinski definition) is 2. The maximum atomic E-state index is 12.8. The highest BCUT2D eigenvalue weighted by atomic mass is 16.2. The van der Waals surface area contributed by atoms with Crippen LogP contribution in [0.15, 0.2) is 84.1 Å². The second-order valence-corrected chi connectivity index (χ2v) is 11.0. The summed E-state index contributed by atoms with van der Waals surface area (Å²) in [5.41, 5.74) is 10.6. The fourth-order valence-corrected chi connectivity index (χ4v) is 4.80. The zero-order chi connectivity index (χ0) is 29.4. The molecule has 3 N–H and O–H groups in total. The van der Waals surface area contributed by atoms with E-state index in [1.807, 2.05) is 78.7 Å². The summed E-state index contributed by atoms with van der Waals surface area (Å²) < 4.78 is 0. The molecule has 0 aromatic heterocycles. The van der Waals surface area contributed by atoms with E-state index >= 15 is 0 Å². The molecule has 3 aliphatic rings. The molecule has 7 nitrogen and oxygen atoms in total. The van der Waals surface area contributed by atoms with Crippen LogP contribution in [0.4, 0.5) is 0 Å². The number of hydrogen-bond acceptors (Lipinski definition) is 6. The van der Waals surface area contributed by atoms with Crippen LogP contribution in [0, 0.1) is 23.7 Å². The molecule has 1 unspecified atom stereocenters. The van der Waals surface area contributed by atoms with Crippen molar-refractivity contribution in [2.24, 2.45) is 22.6 Å². The number of nitrogens with zero attached hydrogens (tertiary/aromatic N) is 3. The van der Waals surface area contributed by atoms with Gasteiger partial charge in [-0.3, -0.25) is 9.59 Å². The third-order valence-electron chi connectivity index (χ3n) is 7.70. The van der Waals surface area contributed by atoms with Gasteiger partial charge in [0.25, 0.3) is 5.91 Å². The maximum absolute atomic E-state index is 12.8. The minimum atomic E-state index is -0.184. The van der Waals surface area contributed by atoms with Gasteiger partial charge in [-0.25, -0.2) is 4.99 Å². The number of ketones is 1. The highest BCUT2D eigenvalue weighted by Crippen LogP contribution is 2.31. The molecule has 2 heterocycles. The largest absolute Gasteiger partial charge is 0.382 e. The number of amidine groups is 1. The minimum absolute atomic E-state index is 0.0629. The Morgan fingerprint density at radius 3 is 2.56 bits per heavy atom. The van der Waals surface area contributed by atoms with Crippen LogP contribution in [0.2, 0.25) is 0 Å². The number of carbonyl (C=O) groups excluding carboxylic acids is 2. The van der Waals surface area contributed by atoms with Crippen LogP contribution in [-0.4, -0.2) is 40.5 Å². The first kappa shape index (κ1) is 29.7. The molecule has 0 bridgehead atoms. The lowest BCUT2D eigenvalue weighted by Gasteiger charge is -2.32. The molecule has 1 fully saturated rings. The topological polar surface area (TPSA) is 91.0 Å². The van der Waals surface area contributed by atoms with Crippen molar-refractivity contribution in [2.75, 3.05) is 7.05 Å². The van der Waals surface area contributed by atoms with Gasteiger partial charge in [0.1, 0.15) is 12.0 Å². The average Bonchev–Trinajstić information content (AvgIpc) is 3.81. The van der Waals surface area contributed by atoms with Gasteiger partial charge in [0.15, 0.2) is 0 Å². The Morgan fingerprint density at radius 1 is 1.12 bits per heavy atom. The van der Waals surface area contributed by atoms with Crippen molar-refractivity contribution in [3.8, 4) is 11.8 Å². The van der Waals surface area contributed by atoms with Crippen molar-refractivity contribution in [3.05, 3.63) is 90.2 Å². The van der Waals surface area contributed by atoms with E-state index in [9.17, 15) is 9.59 Å². The molecular formula is C34H41N5O2. The summed E-state index contributed by atoms with van der Waals surface area (Å²) in [6.07, 6.45) is 17.8. The normalized spacial score (nSPS) is 19.7. The number of nitrogens with one attached hydrogen (secondary N) is 1. The highest BCUT2D eigenvalue weighted by molar-refractivity contribution is 6.04. The summed E-state index contributed by atoms with van der Waals surface area (Å²) >= 11 is 0. The second-order valence-electron chi connectivity index (χ2n) is 11.0. The van der Waals surface area contributed by atoms with Gasteiger partial charge in [0.2, 0.25) is 5.78 Å². The van der Waals surface area contributed by atoms with Crippen LogP contribution < -0.4 is 11.1 Å². The zero-order valence-corrected chi connectivity index (χ0v) is 24.4. The van der Waals surface area contributed by atoms with E-state index in [-0.39, 0.29) is 23.8 Å². The fourth-order valence-electron chi connectivity index (χ4n) is 4.80. The quantitative estimate of drug-likeness (QED) is 0.209. The standard InChI is InChI=1S/C34H41N5O2/c1-24(10-6-5-7-11-30(40)20-15-27-13-14-27)26(3)39-23-21-36-33(35)32(39)25(2)28-16-18-29(19-17-28)34(41)37-31-12-8-9-22-38(31)4/h8-9,12,16-19,21-24,27,31H,3,5-7,10-11,13-14H2,1-2,4H3,(H2,35,36)(H,37,41)/b32-25+/t24-,31?/m0/s1. The van der Waals surface area contributed by atoms with Crippen molar-refractivity contribution in [3.63, 3.8) is 0 Å². The molecule has 1 amide bonds. The van der Waals surface area contributed by atoms with E-state index in [2.05, 4.69) is 35.7 Å². The molecular weight excluding hydrogens is 510 g/mol. The number of likely N-dealkylation sites (N-methyl/N-ethyl adjacent to an activating group) is 1. The average molecular weight is 552 g/mol. The van der Waals surface area contributed by atoms with E-state index in [1.54, 1.807) is 6.20 Å². The summed E-state index contributed by atoms with van der Waals surface area (Å²) in [5, 5.41) is 3.03. The number of amides is 1. The van der Waals surface area contributed by atoms with Gasteiger partial charge in [-0.15, -0.1) is 0 Å². The number of Topliss-reactive ketones (excluding diaryl/α,β-unsaturated/α-hetero) is 1. The van der Waals surface area contributed by atoms with Gasteiger partial charge < -0.3 is 20.9 Å². The first-order valence-electron chi connectivity index (χ1n) is 14.5. The Labute approximate surface area is 244 Å². The smallest absolute Gasteiger partial charge is 0.253 e. The Bertz CT molecular complexity index is 1370. The number of rotatable bonds is 11. The second kappa shape index (κ2) is 13.8. The van der Waals surface area contributed by atoms with Crippen LogP contribution in [0.25, 0.3) is 5.57 Å². The fraction of sp³-hybridized carbons (Fsp3) is 0.382. The van der Waals surface area contributed by atoms with E-state index in [1.165, 1.54) is 0 Å². The monoisotopic (exact) mass is 551 g/mol. The number of allylic oxidation sites excluding steroid dienone is 4. The van der Waals surface area contributed by atoms with Crippen LogP contribution in [0.1, 0.15) is 74.7 Å². The highest BCUT2D eigenvalue weighted by Gasteiger charge is 2.24. The lowest BCUT2D eigenvalue weighted by molar-refractivity contribution is -0.113. The number of benzene rings is 1. The minimum Gasteiger partial charge on any atom is -0.382 e. The van der Waals surface area contributed by atoms with E-state index < -0.39 is 0 Å². The maximum Gasteiger partial charge on any atom is 0.253 e. The van der Waals surface area contributed by atoms with Gasteiger partial charge >= 0.3 is 0 Å². The van der Waals surface area contributed by atoms with Crippen molar-refractivity contribution >= 4 is 23.1 Å². The van der Waals surface area contributed by atoms with E-state index in [4.69, 9.17) is 5.73 Å². The molecule has 2 atom stereocenters. The Hall–Kier alpha value is -4.31. The Kier molecular flexibility index (Phi) is 10.0. The van der Waals surface area contributed by atoms with Crippen LogP contribution >= 0.6 is 0 Å². The third kappa shape index (κ3) is 8.11. The first-order chi connectivity index (χ1) is 19.7. The summed E-state index contributed by atoms with van der Waals surface area (Å²) in [6, 6.07) is 7.52. The molecule has 1 aromatic carbocycles. The zero-order valence-electron chi connectivity index (χ0n) is 24.4. The molecule has 7 heteroatoms. The van der Waals surface area contributed by atoms with Gasteiger partial charge in [0, 0.05) is 49.2 Å². The molecule has 1 aliphatic carbocycles. The van der Waals surface area contributed by atoms with Crippen molar-refractivity contribution in [1.82, 2.24) is 15.1 Å². The predicted molar refractivity (Wildman–Crippen MR) is 166 cm³/mol. The third-order valence-corrected chi connectivity index (χ3v) is 7.70. The van der Waals surface area contributed by atoms with Crippen LogP contribution in [0.3, 0.4) is 0 Å². The molecule has 0 radical (unpaired) electrons. The lowest BCUT2D eigenvalue weighted by atomic mass is 9.96. The number of aliphatic imine (C=N–C) groups is 1. The van der Waals surface area contributed by atoms with Crippen molar-refractivity contribution in [1.29, 1.82) is 0 Å². The summed E-state index contributed by atoms with van der Waals surface area (Å²) in [5.74, 6) is 6.87. The lowest BCUT2D eigenvalue weighted by Crippen LogP contribution is -2.43. The van der Waals surface area contributed by atoms with E-state index in [0.717, 1.165) is 61.1 Å². The molecule has 41 heavy (non-hydrogen) atoms. The Balaban J connectivity index is 1.35. The van der Waals surface area contributed by atoms with Crippen molar-refractivity contribution < 1.29 is 9.59 Å². The van der Waals surface area contributed by atoms with E-state index in [0.29, 0.717) is 23.7 Å². The molecule has 1 aromatic rings. The van der Waals surface area contributed by atoms with Crippen molar-refractivity contribution in [2.45, 2.75) is 65.0 Å². The summed E-state index contributed by atoms with van der Waals surface area (Å²) in [7, 11) is 1.92. The number of unbranched alkanes of at least 4 members (excludes halogenated alkanes) is 2. The molecule has 0 spiro atoms. The van der Waals surface area contributed by atoms with Gasteiger partial charge in [-0.1, -0.05) is 50.5 Å². The van der Waals surface area contributed by atoms with Crippen LogP contribution in [-0.2, 0) is 4.79 Å². The Morgan fingerprint density at radius 2 is 1.85 bits per heavy atom. The predicted octanol–water partition coefficient (Wildman–Crippen LogP) is 5.72. The van der Waals surface area contributed by atoms with Crippen LogP contribution in [0.5, 0.6) is 0 Å². The van der Waals surface area contributed by atoms with Gasteiger partial charge in [-0.2, -0.15) is 0 Å². The SMILES string of the molecule is C=C([C@@H](C)CCCCCC(=O)C#CC1CC1)N1C=CN=C(N)/C1=C(/C)c1ccc(C(=O)NC2C=CC=CN2C)cc1. The molecule has 2 aliphatic heterocycles.